The van der Waals surface area contributed by atoms with Gasteiger partial charge in [-0.1, -0.05) is 6.07 Å². The minimum atomic E-state index is 0.680. The molecule has 0 aliphatic rings. The van der Waals surface area contributed by atoms with Gasteiger partial charge >= 0.3 is 0 Å². The van der Waals surface area contributed by atoms with E-state index < -0.39 is 0 Å². The number of nitrogens with one attached hydrogen (secondary N) is 1. The molecule has 1 N–H and O–H groups in total. The van der Waals surface area contributed by atoms with E-state index in [0.717, 1.165) is 16.7 Å². The molecule has 0 atom stereocenters. The van der Waals surface area contributed by atoms with Gasteiger partial charge in [0.1, 0.15) is 17.5 Å². The average Bonchev–Trinajstić information content (AvgIpc) is 2.85. The molecule has 0 fully saturated rings. The molecule has 0 amide bonds. The van der Waals surface area contributed by atoms with Gasteiger partial charge in [0.25, 0.3) is 0 Å². The molecular weight excluding hydrogens is 218 g/mol. The molecule has 2 aromatic heterocycles. The van der Waals surface area contributed by atoms with Gasteiger partial charge in [0, 0.05) is 12.6 Å². The third-order valence-corrected chi connectivity index (χ3v) is 2.46. The van der Waals surface area contributed by atoms with Crippen molar-refractivity contribution in [2.75, 3.05) is 12.4 Å². The Morgan fingerprint density at radius 2 is 2.18 bits per heavy atom. The lowest BCUT2D eigenvalue weighted by atomic mass is 10.1. The molecule has 3 aromatic rings. The second kappa shape index (κ2) is 3.82. The molecule has 0 aliphatic heterocycles. The van der Waals surface area contributed by atoms with Crippen LogP contribution in [0.3, 0.4) is 0 Å². The van der Waals surface area contributed by atoms with Crippen LogP contribution < -0.4 is 5.32 Å². The minimum absolute atomic E-state index is 0.680. The third-order valence-electron chi connectivity index (χ3n) is 2.46. The summed E-state index contributed by atoms with van der Waals surface area (Å²) in [6.45, 7) is 0. The van der Waals surface area contributed by atoms with Crippen LogP contribution in [-0.2, 0) is 0 Å². The number of aromatic nitrogens is 4. The summed E-state index contributed by atoms with van der Waals surface area (Å²) in [6.07, 6.45) is 2.82. The fourth-order valence-electron chi connectivity index (χ4n) is 1.66. The topological polar surface area (TPSA) is 76.7 Å². The second-order valence-electron chi connectivity index (χ2n) is 3.44. The predicted molar refractivity (Wildman–Crippen MR) is 62.4 cm³/mol. The first kappa shape index (κ1) is 9.71. The van der Waals surface area contributed by atoms with Gasteiger partial charge in [0.05, 0.1) is 0 Å². The van der Waals surface area contributed by atoms with Gasteiger partial charge in [-0.3, -0.25) is 0 Å². The standard InChI is InChI=1S/C11H9N5O/c1-12-11-10(16-15-5-13-11)7-2-3-8-9(4-7)17-6-14-8/h2-6H,1H3,(H,12,13,15). The van der Waals surface area contributed by atoms with Gasteiger partial charge in [-0.25, -0.2) is 9.97 Å². The summed E-state index contributed by atoms with van der Waals surface area (Å²) < 4.78 is 5.25. The van der Waals surface area contributed by atoms with Crippen LogP contribution >= 0.6 is 0 Å². The van der Waals surface area contributed by atoms with E-state index in [-0.39, 0.29) is 0 Å². The highest BCUT2D eigenvalue weighted by Gasteiger charge is 2.09. The average molecular weight is 227 g/mol. The smallest absolute Gasteiger partial charge is 0.181 e. The largest absolute Gasteiger partial charge is 0.443 e. The maximum atomic E-state index is 5.25. The van der Waals surface area contributed by atoms with Crippen LogP contribution in [0.1, 0.15) is 0 Å². The summed E-state index contributed by atoms with van der Waals surface area (Å²) in [6, 6.07) is 5.66. The maximum Gasteiger partial charge on any atom is 0.181 e. The number of nitrogens with zero attached hydrogens (tertiary/aromatic N) is 4. The quantitative estimate of drug-likeness (QED) is 0.718. The zero-order valence-electron chi connectivity index (χ0n) is 9.08. The highest BCUT2D eigenvalue weighted by Crippen LogP contribution is 2.25. The summed E-state index contributed by atoms with van der Waals surface area (Å²) in [5, 5.41) is 10.8. The van der Waals surface area contributed by atoms with Crippen LogP contribution in [0.15, 0.2) is 35.3 Å². The van der Waals surface area contributed by atoms with E-state index in [0.29, 0.717) is 11.5 Å². The first-order chi connectivity index (χ1) is 8.38. The van der Waals surface area contributed by atoms with Crippen molar-refractivity contribution in [2.45, 2.75) is 0 Å². The van der Waals surface area contributed by atoms with E-state index in [1.165, 1.54) is 12.7 Å². The van der Waals surface area contributed by atoms with Crippen molar-refractivity contribution in [3.8, 4) is 11.3 Å². The Labute approximate surface area is 96.7 Å². The van der Waals surface area contributed by atoms with Crippen molar-refractivity contribution in [3.05, 3.63) is 30.9 Å². The monoisotopic (exact) mass is 227 g/mol. The zero-order chi connectivity index (χ0) is 11.7. The fraction of sp³-hybridized carbons (Fsp3) is 0.0909. The molecule has 0 saturated heterocycles. The molecule has 17 heavy (non-hydrogen) atoms. The van der Waals surface area contributed by atoms with Gasteiger partial charge in [-0.2, -0.15) is 0 Å². The van der Waals surface area contributed by atoms with Crippen LogP contribution in [-0.4, -0.2) is 27.2 Å². The Balaban J connectivity index is 2.19. The van der Waals surface area contributed by atoms with Crippen molar-refractivity contribution in [1.82, 2.24) is 20.2 Å². The third kappa shape index (κ3) is 1.59. The lowest BCUT2D eigenvalue weighted by molar-refractivity contribution is 0.602. The molecule has 84 valence electrons. The summed E-state index contributed by atoms with van der Waals surface area (Å²) >= 11 is 0. The summed E-state index contributed by atoms with van der Waals surface area (Å²) in [7, 11) is 1.79. The number of oxazole rings is 1. The van der Waals surface area contributed by atoms with Gasteiger partial charge < -0.3 is 9.73 Å². The molecule has 3 rings (SSSR count). The molecule has 2 heterocycles. The normalized spacial score (nSPS) is 10.6. The van der Waals surface area contributed by atoms with Crippen LogP contribution in [0, 0.1) is 0 Å². The molecule has 0 saturated carbocycles. The van der Waals surface area contributed by atoms with Crippen LogP contribution in [0.4, 0.5) is 5.82 Å². The van der Waals surface area contributed by atoms with Gasteiger partial charge in [-0.15, -0.1) is 10.2 Å². The Morgan fingerprint density at radius 3 is 3.06 bits per heavy atom. The molecule has 0 bridgehead atoms. The molecule has 0 spiro atoms. The van der Waals surface area contributed by atoms with Gasteiger partial charge in [-0.05, 0) is 12.1 Å². The summed E-state index contributed by atoms with van der Waals surface area (Å²) in [4.78, 5) is 8.17. The molecule has 6 heteroatoms. The first-order valence-electron chi connectivity index (χ1n) is 5.07. The molecule has 0 radical (unpaired) electrons. The van der Waals surface area contributed by atoms with E-state index in [2.05, 4.69) is 25.5 Å². The van der Waals surface area contributed by atoms with E-state index in [4.69, 9.17) is 4.42 Å². The number of fused-ring (bicyclic) bond motifs is 1. The number of benzene rings is 1. The maximum absolute atomic E-state index is 5.25. The van der Waals surface area contributed by atoms with E-state index in [1.807, 2.05) is 18.2 Å². The van der Waals surface area contributed by atoms with Gasteiger partial charge in [0.15, 0.2) is 17.8 Å². The summed E-state index contributed by atoms with van der Waals surface area (Å²) in [5.41, 5.74) is 3.11. The first-order valence-corrected chi connectivity index (χ1v) is 5.07. The van der Waals surface area contributed by atoms with E-state index in [1.54, 1.807) is 7.05 Å². The van der Waals surface area contributed by atoms with Crippen molar-refractivity contribution in [1.29, 1.82) is 0 Å². The molecule has 0 unspecified atom stereocenters. The highest BCUT2D eigenvalue weighted by atomic mass is 16.3. The van der Waals surface area contributed by atoms with Crippen LogP contribution in [0.25, 0.3) is 22.4 Å². The number of anilines is 1. The Bertz CT molecular complexity index is 664. The number of hydrogen-bond acceptors (Lipinski definition) is 6. The van der Waals surface area contributed by atoms with Crippen LogP contribution in [0.5, 0.6) is 0 Å². The zero-order valence-corrected chi connectivity index (χ0v) is 9.08. The molecule has 6 nitrogen and oxygen atoms in total. The van der Waals surface area contributed by atoms with Crippen molar-refractivity contribution in [3.63, 3.8) is 0 Å². The Kier molecular flexibility index (Phi) is 2.18. The molecule has 1 aromatic carbocycles. The van der Waals surface area contributed by atoms with Crippen LogP contribution in [0.2, 0.25) is 0 Å². The SMILES string of the molecule is CNc1ncnnc1-c1ccc2ncoc2c1. The fourth-order valence-corrected chi connectivity index (χ4v) is 1.66. The lowest BCUT2D eigenvalue weighted by Gasteiger charge is -2.04. The van der Waals surface area contributed by atoms with Crippen molar-refractivity contribution in [2.24, 2.45) is 0 Å². The molecular formula is C11H9N5O. The lowest BCUT2D eigenvalue weighted by Crippen LogP contribution is -1.99. The van der Waals surface area contributed by atoms with Gasteiger partial charge in [0.2, 0.25) is 0 Å². The molecule has 0 aliphatic carbocycles. The predicted octanol–water partition coefficient (Wildman–Crippen LogP) is 1.72. The summed E-state index contributed by atoms with van der Waals surface area (Å²) in [5.74, 6) is 0.680. The van der Waals surface area contributed by atoms with Crippen molar-refractivity contribution < 1.29 is 4.42 Å². The Hall–Kier alpha value is -2.50. The minimum Gasteiger partial charge on any atom is -0.443 e. The number of hydrogen-bond donors (Lipinski definition) is 1. The Morgan fingerprint density at radius 1 is 1.24 bits per heavy atom. The van der Waals surface area contributed by atoms with E-state index >= 15 is 0 Å². The van der Waals surface area contributed by atoms with E-state index in [9.17, 15) is 0 Å². The highest BCUT2D eigenvalue weighted by molar-refractivity contribution is 5.81. The van der Waals surface area contributed by atoms with Crippen molar-refractivity contribution >= 4 is 16.9 Å². The number of rotatable bonds is 2. The second-order valence-corrected chi connectivity index (χ2v) is 3.44.